The van der Waals surface area contributed by atoms with Crippen LogP contribution in [0.15, 0.2) is 16.3 Å². The molecule has 0 radical (unpaired) electrons. The minimum atomic E-state index is -3.65. The molecule has 1 heterocycles. The van der Waals surface area contributed by atoms with Gasteiger partial charge >= 0.3 is 5.97 Å². The van der Waals surface area contributed by atoms with Crippen LogP contribution in [0.5, 0.6) is 0 Å². The fraction of sp³-hybridized carbons (Fsp3) is 0.455. The monoisotopic (exact) mass is 302 g/mol. The van der Waals surface area contributed by atoms with Crippen LogP contribution >= 0.6 is 11.3 Å². The first-order chi connectivity index (χ1) is 8.77. The number of sulfonamides is 1. The molecule has 1 N–H and O–H groups in total. The third kappa shape index (κ3) is 4.02. The molecule has 0 aliphatic rings. The molecule has 1 unspecified atom stereocenters. The molecule has 0 aliphatic heterocycles. The Kier molecular flexibility index (Phi) is 5.05. The molecule has 6 nitrogen and oxygen atoms in total. The van der Waals surface area contributed by atoms with Crippen LogP contribution in [0.25, 0.3) is 0 Å². The van der Waals surface area contributed by atoms with Crippen LogP contribution < -0.4 is 0 Å². The van der Waals surface area contributed by atoms with E-state index in [2.05, 4.69) is 0 Å². The van der Waals surface area contributed by atoms with E-state index in [0.717, 1.165) is 15.6 Å². The van der Waals surface area contributed by atoms with Crippen LogP contribution in [0.4, 0.5) is 0 Å². The molecule has 1 atom stereocenters. The molecule has 0 amide bonds. The van der Waals surface area contributed by atoms with E-state index in [1.54, 1.807) is 6.92 Å². The van der Waals surface area contributed by atoms with Gasteiger partial charge in [-0.25, -0.2) is 8.42 Å². The molecular weight excluding hydrogens is 288 g/mol. The molecule has 0 spiro atoms. The lowest BCUT2D eigenvalue weighted by molar-refractivity contribution is -0.136. The second kappa shape index (κ2) is 6.14. The van der Waals surface area contributed by atoms with Gasteiger partial charge < -0.3 is 5.11 Å². The summed E-state index contributed by atoms with van der Waals surface area (Å²) in [7, 11) is -2.25. The molecule has 0 aromatic carbocycles. The average Bonchev–Trinajstić information content (AvgIpc) is 2.76. The Labute approximate surface area is 115 Å². The summed E-state index contributed by atoms with van der Waals surface area (Å²) in [6, 6.07) is 4.86. The van der Waals surface area contributed by atoms with E-state index < -0.39 is 21.9 Å². The molecule has 1 aromatic rings. The highest BCUT2D eigenvalue weighted by atomic mass is 32.2. The number of carbonyl (C=O) groups is 1. The van der Waals surface area contributed by atoms with Crippen molar-refractivity contribution >= 4 is 27.3 Å². The highest BCUT2D eigenvalue weighted by Crippen LogP contribution is 2.25. The highest BCUT2D eigenvalue weighted by molar-refractivity contribution is 7.91. The van der Waals surface area contributed by atoms with Gasteiger partial charge in [-0.2, -0.15) is 9.57 Å². The number of hydrogen-bond donors (Lipinski definition) is 1. The maximum Gasteiger partial charge on any atom is 0.308 e. The highest BCUT2D eigenvalue weighted by Gasteiger charge is 2.24. The molecule has 1 aromatic heterocycles. The molecule has 8 heteroatoms. The predicted octanol–water partition coefficient (Wildman–Crippen LogP) is 1.16. The Balaban J connectivity index is 2.91. The van der Waals surface area contributed by atoms with E-state index in [0.29, 0.717) is 4.88 Å². The Morgan fingerprint density at radius 1 is 1.58 bits per heavy atom. The molecule has 0 fully saturated rings. The summed E-state index contributed by atoms with van der Waals surface area (Å²) < 4.78 is 25.5. The number of nitrogens with zero attached hydrogens (tertiary/aromatic N) is 2. The number of carboxylic acid groups (broad SMARTS) is 1. The topological polar surface area (TPSA) is 98.5 Å². The fourth-order valence-electron chi connectivity index (χ4n) is 1.42. The van der Waals surface area contributed by atoms with Gasteiger partial charge in [-0.15, -0.1) is 11.3 Å². The van der Waals surface area contributed by atoms with Gasteiger partial charge in [0.05, 0.1) is 18.4 Å². The van der Waals surface area contributed by atoms with Crippen molar-refractivity contribution in [1.82, 2.24) is 4.31 Å². The molecule has 0 saturated heterocycles. The molecule has 0 saturated carbocycles. The van der Waals surface area contributed by atoms with Gasteiger partial charge in [-0.1, -0.05) is 0 Å². The number of hydrogen-bond acceptors (Lipinski definition) is 5. The average molecular weight is 302 g/mol. The zero-order chi connectivity index (χ0) is 14.6. The van der Waals surface area contributed by atoms with Crippen molar-refractivity contribution in [3.63, 3.8) is 0 Å². The Bertz CT molecular complexity index is 600. The van der Waals surface area contributed by atoms with Crippen molar-refractivity contribution in [2.45, 2.75) is 17.6 Å². The quantitative estimate of drug-likeness (QED) is 0.850. The van der Waals surface area contributed by atoms with Gasteiger partial charge in [0.25, 0.3) is 10.0 Å². The van der Waals surface area contributed by atoms with E-state index in [9.17, 15) is 13.2 Å². The lowest BCUT2D eigenvalue weighted by Crippen LogP contribution is -2.30. The van der Waals surface area contributed by atoms with Crippen molar-refractivity contribution in [2.75, 3.05) is 13.6 Å². The van der Waals surface area contributed by atoms with Crippen LogP contribution in [0.3, 0.4) is 0 Å². The lowest BCUT2D eigenvalue weighted by Gasteiger charge is -2.16. The molecule has 1 rings (SSSR count). The van der Waals surface area contributed by atoms with Crippen molar-refractivity contribution in [2.24, 2.45) is 5.92 Å². The number of thiophene rings is 1. The van der Waals surface area contributed by atoms with E-state index in [1.165, 1.54) is 19.2 Å². The first kappa shape index (κ1) is 15.6. The van der Waals surface area contributed by atoms with Crippen LogP contribution in [0.2, 0.25) is 0 Å². The summed E-state index contributed by atoms with van der Waals surface area (Å²) in [5.41, 5.74) is 0. The number of carboxylic acids is 1. The van der Waals surface area contributed by atoms with Crippen molar-refractivity contribution < 1.29 is 18.3 Å². The maximum atomic E-state index is 12.2. The normalized spacial score (nSPS) is 13.2. The van der Waals surface area contributed by atoms with E-state index in [-0.39, 0.29) is 17.2 Å². The van der Waals surface area contributed by atoms with Crippen LogP contribution in [0.1, 0.15) is 11.8 Å². The molecule has 0 bridgehead atoms. The minimum Gasteiger partial charge on any atom is -0.481 e. The third-order valence-corrected chi connectivity index (χ3v) is 5.75. The smallest absolute Gasteiger partial charge is 0.308 e. The SMILES string of the molecule is CC(C#N)CN(C)S(=O)(=O)c1ccc(CC(=O)O)s1. The first-order valence-corrected chi connectivity index (χ1v) is 7.69. The van der Waals surface area contributed by atoms with Gasteiger partial charge in [-0.3, -0.25) is 4.79 Å². The summed E-state index contributed by atoms with van der Waals surface area (Å²) in [5, 5.41) is 17.3. The number of aliphatic carboxylic acids is 1. The summed E-state index contributed by atoms with van der Waals surface area (Å²) in [6.45, 7) is 1.74. The number of rotatable bonds is 6. The second-order valence-electron chi connectivity index (χ2n) is 4.11. The Hall–Kier alpha value is -1.43. The predicted molar refractivity (Wildman–Crippen MR) is 70.3 cm³/mol. The molecular formula is C11H14N2O4S2. The zero-order valence-corrected chi connectivity index (χ0v) is 12.2. The van der Waals surface area contributed by atoms with E-state index in [1.807, 2.05) is 6.07 Å². The molecule has 104 valence electrons. The summed E-state index contributed by atoms with van der Waals surface area (Å²) >= 11 is 0.938. The standard InChI is InChI=1S/C11H14N2O4S2/c1-8(6-12)7-13(2)19(16,17)11-4-3-9(18-11)5-10(14)15/h3-4,8H,5,7H2,1-2H3,(H,14,15). The largest absolute Gasteiger partial charge is 0.481 e. The fourth-order valence-corrected chi connectivity index (χ4v) is 4.24. The maximum absolute atomic E-state index is 12.2. The Morgan fingerprint density at radius 3 is 2.74 bits per heavy atom. The van der Waals surface area contributed by atoms with Gasteiger partial charge in [-0.05, 0) is 19.1 Å². The number of nitriles is 1. The van der Waals surface area contributed by atoms with Gasteiger partial charge in [0, 0.05) is 18.5 Å². The van der Waals surface area contributed by atoms with Crippen LogP contribution in [0, 0.1) is 17.2 Å². The Morgan fingerprint density at radius 2 is 2.21 bits per heavy atom. The van der Waals surface area contributed by atoms with Crippen molar-refractivity contribution in [3.8, 4) is 6.07 Å². The van der Waals surface area contributed by atoms with Gasteiger partial charge in [0.15, 0.2) is 0 Å². The third-order valence-electron chi connectivity index (χ3n) is 2.38. The first-order valence-electron chi connectivity index (χ1n) is 5.44. The zero-order valence-electron chi connectivity index (χ0n) is 10.5. The lowest BCUT2D eigenvalue weighted by atomic mass is 10.2. The van der Waals surface area contributed by atoms with Crippen LogP contribution in [-0.4, -0.2) is 37.4 Å². The van der Waals surface area contributed by atoms with Gasteiger partial charge in [0.2, 0.25) is 0 Å². The minimum absolute atomic E-state index is 0.0939. The summed E-state index contributed by atoms with van der Waals surface area (Å²) in [4.78, 5) is 11.0. The molecule has 19 heavy (non-hydrogen) atoms. The second-order valence-corrected chi connectivity index (χ2v) is 7.55. The van der Waals surface area contributed by atoms with E-state index in [4.69, 9.17) is 10.4 Å². The van der Waals surface area contributed by atoms with Crippen molar-refractivity contribution in [3.05, 3.63) is 17.0 Å². The summed E-state index contributed by atoms with van der Waals surface area (Å²) in [6.07, 6.45) is -0.196. The molecule has 0 aliphatic carbocycles. The summed E-state index contributed by atoms with van der Waals surface area (Å²) in [5.74, 6) is -1.41. The van der Waals surface area contributed by atoms with Crippen LogP contribution in [-0.2, 0) is 21.2 Å². The van der Waals surface area contributed by atoms with Gasteiger partial charge in [0.1, 0.15) is 4.21 Å². The van der Waals surface area contributed by atoms with Crippen molar-refractivity contribution in [1.29, 1.82) is 5.26 Å². The van der Waals surface area contributed by atoms with E-state index >= 15 is 0 Å².